The number of likely N-dealkylation sites (tertiary alicyclic amines) is 1. The fourth-order valence-electron chi connectivity index (χ4n) is 3.37. The Bertz CT molecular complexity index is 424. The Morgan fingerprint density at radius 2 is 1.95 bits per heavy atom. The van der Waals surface area contributed by atoms with Gasteiger partial charge in [-0.1, -0.05) is 31.2 Å². The van der Waals surface area contributed by atoms with Crippen LogP contribution in [-0.2, 0) is 0 Å². The summed E-state index contributed by atoms with van der Waals surface area (Å²) in [7, 11) is 4.52. The van der Waals surface area contributed by atoms with Crippen LogP contribution in [-0.4, -0.2) is 56.1 Å². The minimum absolute atomic E-state index is 0.431. The van der Waals surface area contributed by atoms with Crippen molar-refractivity contribution in [3.63, 3.8) is 0 Å². The maximum atomic E-state index is 3.67. The Hall–Kier alpha value is -0.900. The van der Waals surface area contributed by atoms with Gasteiger partial charge in [-0.25, -0.2) is 0 Å². The third-order valence-corrected chi connectivity index (χ3v) is 4.80. The molecule has 1 atom stereocenters. The number of aryl methyl sites for hydroxylation is 1. The van der Waals surface area contributed by atoms with Crippen molar-refractivity contribution < 1.29 is 0 Å². The third-order valence-electron chi connectivity index (χ3n) is 4.80. The zero-order valence-corrected chi connectivity index (χ0v) is 14.1. The normalized spacial score (nSPS) is 19.1. The fourth-order valence-corrected chi connectivity index (χ4v) is 3.37. The number of rotatable bonds is 6. The van der Waals surface area contributed by atoms with Crippen molar-refractivity contribution in [2.24, 2.45) is 0 Å². The first-order valence-electron chi connectivity index (χ1n) is 8.29. The molecule has 1 unspecified atom stereocenters. The molecular weight excluding hydrogens is 258 g/mol. The van der Waals surface area contributed by atoms with E-state index in [2.05, 4.69) is 67.3 Å². The van der Waals surface area contributed by atoms with E-state index in [0.717, 1.165) is 19.1 Å². The van der Waals surface area contributed by atoms with Gasteiger partial charge < -0.3 is 15.1 Å². The van der Waals surface area contributed by atoms with Crippen molar-refractivity contribution in [1.29, 1.82) is 0 Å². The summed E-state index contributed by atoms with van der Waals surface area (Å²) in [4.78, 5) is 5.00. The highest BCUT2D eigenvalue weighted by Crippen LogP contribution is 2.21. The van der Waals surface area contributed by atoms with Crippen LogP contribution < -0.4 is 5.32 Å². The zero-order valence-electron chi connectivity index (χ0n) is 14.1. The molecule has 1 aliphatic rings. The number of benzene rings is 1. The summed E-state index contributed by atoms with van der Waals surface area (Å²) in [6, 6.07) is 9.93. The van der Waals surface area contributed by atoms with Crippen molar-refractivity contribution in [3.8, 4) is 0 Å². The van der Waals surface area contributed by atoms with Gasteiger partial charge in [-0.15, -0.1) is 0 Å². The van der Waals surface area contributed by atoms with Gasteiger partial charge in [-0.2, -0.15) is 0 Å². The molecule has 1 N–H and O–H groups in total. The number of hydrogen-bond donors (Lipinski definition) is 1. The van der Waals surface area contributed by atoms with Gasteiger partial charge in [0.05, 0.1) is 0 Å². The van der Waals surface area contributed by atoms with Gasteiger partial charge in [0.15, 0.2) is 0 Å². The minimum atomic E-state index is 0.431. The molecule has 1 fully saturated rings. The standard InChI is InChI=1S/C18H31N3/c1-5-19-18(17-9-7-6-8-15(17)2)14-21(4)16-10-12-20(3)13-11-16/h6-9,16,18-19H,5,10-14H2,1-4H3. The van der Waals surface area contributed by atoms with Crippen LogP contribution in [0.15, 0.2) is 24.3 Å². The molecule has 0 saturated carbocycles. The topological polar surface area (TPSA) is 18.5 Å². The first-order valence-corrected chi connectivity index (χ1v) is 8.29. The quantitative estimate of drug-likeness (QED) is 0.868. The van der Waals surface area contributed by atoms with Gasteiger partial charge in [0, 0.05) is 18.6 Å². The fraction of sp³-hybridized carbons (Fsp3) is 0.667. The molecule has 1 aromatic rings. The van der Waals surface area contributed by atoms with Crippen molar-refractivity contribution in [2.75, 3.05) is 40.3 Å². The molecule has 21 heavy (non-hydrogen) atoms. The molecule has 0 aromatic heterocycles. The lowest BCUT2D eigenvalue weighted by molar-refractivity contribution is 0.134. The summed E-state index contributed by atoms with van der Waals surface area (Å²) >= 11 is 0. The maximum Gasteiger partial charge on any atom is 0.0451 e. The number of piperidine rings is 1. The highest BCUT2D eigenvalue weighted by molar-refractivity contribution is 5.29. The first kappa shape index (κ1) is 16.5. The average molecular weight is 289 g/mol. The van der Waals surface area contributed by atoms with Gasteiger partial charge >= 0.3 is 0 Å². The second-order valence-electron chi connectivity index (χ2n) is 6.44. The molecular formula is C18H31N3. The van der Waals surface area contributed by atoms with E-state index in [0.29, 0.717) is 6.04 Å². The molecule has 3 heteroatoms. The van der Waals surface area contributed by atoms with Crippen LogP contribution in [0.25, 0.3) is 0 Å². The van der Waals surface area contributed by atoms with E-state index >= 15 is 0 Å². The number of nitrogens with one attached hydrogen (secondary N) is 1. The van der Waals surface area contributed by atoms with Gasteiger partial charge in [-0.3, -0.25) is 0 Å². The van der Waals surface area contributed by atoms with Crippen molar-refractivity contribution in [2.45, 2.75) is 38.8 Å². The Kier molecular flexibility index (Phi) is 6.22. The maximum absolute atomic E-state index is 3.67. The SMILES string of the molecule is CCNC(CN(C)C1CCN(C)CC1)c1ccccc1C. The van der Waals surface area contributed by atoms with E-state index in [9.17, 15) is 0 Å². The summed E-state index contributed by atoms with van der Waals surface area (Å²) in [5.41, 5.74) is 2.83. The molecule has 0 bridgehead atoms. The van der Waals surface area contributed by atoms with E-state index in [1.165, 1.54) is 37.1 Å². The second-order valence-corrected chi connectivity index (χ2v) is 6.44. The van der Waals surface area contributed by atoms with Crippen molar-refractivity contribution in [1.82, 2.24) is 15.1 Å². The molecule has 0 aliphatic carbocycles. The molecule has 1 heterocycles. The van der Waals surface area contributed by atoms with Crippen molar-refractivity contribution in [3.05, 3.63) is 35.4 Å². The van der Waals surface area contributed by atoms with E-state index in [1.807, 2.05) is 0 Å². The molecule has 3 nitrogen and oxygen atoms in total. The van der Waals surface area contributed by atoms with E-state index in [1.54, 1.807) is 0 Å². The molecule has 0 amide bonds. The van der Waals surface area contributed by atoms with E-state index in [-0.39, 0.29) is 0 Å². The summed E-state index contributed by atoms with van der Waals surface area (Å²) in [6.07, 6.45) is 2.58. The van der Waals surface area contributed by atoms with Crippen LogP contribution in [0.4, 0.5) is 0 Å². The predicted octanol–water partition coefficient (Wildman–Crippen LogP) is 2.67. The number of hydrogen-bond acceptors (Lipinski definition) is 3. The zero-order chi connectivity index (χ0) is 15.2. The molecule has 1 aromatic carbocycles. The Morgan fingerprint density at radius 3 is 2.57 bits per heavy atom. The van der Waals surface area contributed by atoms with Crippen LogP contribution >= 0.6 is 0 Å². The molecule has 2 rings (SSSR count). The van der Waals surface area contributed by atoms with Crippen LogP contribution in [0.2, 0.25) is 0 Å². The third kappa shape index (κ3) is 4.53. The minimum Gasteiger partial charge on any atom is -0.309 e. The molecule has 0 spiro atoms. The van der Waals surface area contributed by atoms with Crippen molar-refractivity contribution >= 4 is 0 Å². The van der Waals surface area contributed by atoms with E-state index in [4.69, 9.17) is 0 Å². The summed E-state index contributed by atoms with van der Waals surface area (Å²) < 4.78 is 0. The monoisotopic (exact) mass is 289 g/mol. The number of nitrogens with zero attached hydrogens (tertiary/aromatic N) is 2. The summed E-state index contributed by atoms with van der Waals surface area (Å²) in [6.45, 7) is 8.97. The highest BCUT2D eigenvalue weighted by atomic mass is 15.2. The molecule has 1 saturated heterocycles. The highest BCUT2D eigenvalue weighted by Gasteiger charge is 2.23. The Morgan fingerprint density at radius 1 is 1.29 bits per heavy atom. The van der Waals surface area contributed by atoms with Gasteiger partial charge in [0.1, 0.15) is 0 Å². The van der Waals surface area contributed by atoms with Crippen LogP contribution in [0.5, 0.6) is 0 Å². The Labute approximate surface area is 130 Å². The lowest BCUT2D eigenvalue weighted by Crippen LogP contribution is -2.45. The summed E-state index contributed by atoms with van der Waals surface area (Å²) in [5.74, 6) is 0. The van der Waals surface area contributed by atoms with Gasteiger partial charge in [-0.05, 0) is 64.6 Å². The molecule has 1 aliphatic heterocycles. The smallest absolute Gasteiger partial charge is 0.0451 e. The lowest BCUT2D eigenvalue weighted by atomic mass is 9.98. The van der Waals surface area contributed by atoms with Gasteiger partial charge in [0.2, 0.25) is 0 Å². The number of likely N-dealkylation sites (N-methyl/N-ethyl adjacent to an activating group) is 2. The van der Waals surface area contributed by atoms with E-state index < -0.39 is 0 Å². The second kappa shape index (κ2) is 7.92. The van der Waals surface area contributed by atoms with Crippen LogP contribution in [0, 0.1) is 6.92 Å². The Balaban J connectivity index is 2.01. The predicted molar refractivity (Wildman–Crippen MR) is 90.7 cm³/mol. The molecule has 118 valence electrons. The van der Waals surface area contributed by atoms with Crippen LogP contribution in [0.3, 0.4) is 0 Å². The van der Waals surface area contributed by atoms with Gasteiger partial charge in [0.25, 0.3) is 0 Å². The molecule has 0 radical (unpaired) electrons. The van der Waals surface area contributed by atoms with Crippen LogP contribution in [0.1, 0.15) is 36.9 Å². The average Bonchev–Trinajstić information content (AvgIpc) is 2.48. The first-order chi connectivity index (χ1) is 10.1. The lowest BCUT2D eigenvalue weighted by Gasteiger charge is -2.37. The largest absolute Gasteiger partial charge is 0.309 e. The summed E-state index contributed by atoms with van der Waals surface area (Å²) in [5, 5.41) is 3.67.